The van der Waals surface area contributed by atoms with Gasteiger partial charge in [-0.3, -0.25) is 9.89 Å². The van der Waals surface area contributed by atoms with Gasteiger partial charge in [-0.1, -0.05) is 19.9 Å². The molecule has 1 amide bonds. The van der Waals surface area contributed by atoms with Crippen molar-refractivity contribution in [1.29, 1.82) is 0 Å². The SMILES string of the molecule is COc1ccc(CNC(=O)c2cc(CC(C)C)[nH]n2)cn1. The molecule has 6 nitrogen and oxygen atoms in total. The first-order valence-corrected chi connectivity index (χ1v) is 6.90. The molecule has 0 aliphatic carbocycles. The first kappa shape index (κ1) is 15.0. The maximum absolute atomic E-state index is 12.0. The van der Waals surface area contributed by atoms with Crippen LogP contribution in [0.1, 0.15) is 35.6 Å². The van der Waals surface area contributed by atoms with Crippen molar-refractivity contribution >= 4 is 5.91 Å². The van der Waals surface area contributed by atoms with Gasteiger partial charge >= 0.3 is 0 Å². The summed E-state index contributed by atoms with van der Waals surface area (Å²) in [6.07, 6.45) is 2.55. The second kappa shape index (κ2) is 6.88. The summed E-state index contributed by atoms with van der Waals surface area (Å²) in [4.78, 5) is 16.1. The van der Waals surface area contributed by atoms with Crippen LogP contribution in [0.2, 0.25) is 0 Å². The number of nitrogens with one attached hydrogen (secondary N) is 2. The average Bonchev–Trinajstić information content (AvgIpc) is 2.93. The van der Waals surface area contributed by atoms with Gasteiger partial charge in [0.15, 0.2) is 0 Å². The molecule has 0 spiro atoms. The Balaban J connectivity index is 1.90. The number of carbonyl (C=O) groups is 1. The molecule has 2 heterocycles. The van der Waals surface area contributed by atoms with E-state index in [4.69, 9.17) is 4.74 Å². The van der Waals surface area contributed by atoms with Crippen molar-refractivity contribution in [3.63, 3.8) is 0 Å². The average molecular weight is 288 g/mol. The topological polar surface area (TPSA) is 79.9 Å². The van der Waals surface area contributed by atoms with Crippen LogP contribution in [-0.2, 0) is 13.0 Å². The molecule has 2 aromatic heterocycles. The summed E-state index contributed by atoms with van der Waals surface area (Å²) in [6.45, 7) is 4.65. The van der Waals surface area contributed by atoms with Crippen LogP contribution in [0.25, 0.3) is 0 Å². The number of pyridine rings is 1. The van der Waals surface area contributed by atoms with E-state index in [1.54, 1.807) is 25.4 Å². The molecule has 0 unspecified atom stereocenters. The van der Waals surface area contributed by atoms with E-state index in [0.29, 0.717) is 24.0 Å². The predicted octanol–water partition coefficient (Wildman–Crippen LogP) is 1.94. The van der Waals surface area contributed by atoms with Crippen molar-refractivity contribution in [2.45, 2.75) is 26.8 Å². The number of H-pyrrole nitrogens is 1. The Morgan fingerprint density at radius 3 is 2.86 bits per heavy atom. The maximum atomic E-state index is 12.0. The second-order valence-corrected chi connectivity index (χ2v) is 5.27. The van der Waals surface area contributed by atoms with E-state index >= 15 is 0 Å². The van der Waals surface area contributed by atoms with Gasteiger partial charge in [-0.15, -0.1) is 0 Å². The van der Waals surface area contributed by atoms with Crippen molar-refractivity contribution in [2.75, 3.05) is 7.11 Å². The molecule has 0 radical (unpaired) electrons. The summed E-state index contributed by atoms with van der Waals surface area (Å²) in [5, 5.41) is 9.74. The van der Waals surface area contributed by atoms with Gasteiger partial charge in [0, 0.05) is 24.5 Å². The summed E-state index contributed by atoms with van der Waals surface area (Å²) < 4.78 is 4.99. The number of hydrogen-bond donors (Lipinski definition) is 2. The minimum absolute atomic E-state index is 0.197. The molecule has 2 rings (SSSR count). The molecule has 0 aliphatic rings. The lowest BCUT2D eigenvalue weighted by molar-refractivity contribution is 0.0946. The smallest absolute Gasteiger partial charge is 0.272 e. The van der Waals surface area contributed by atoms with Gasteiger partial charge in [0.25, 0.3) is 5.91 Å². The van der Waals surface area contributed by atoms with Crippen LogP contribution in [0.5, 0.6) is 5.88 Å². The normalized spacial score (nSPS) is 10.7. The third-order valence-corrected chi connectivity index (χ3v) is 2.95. The fraction of sp³-hybridized carbons (Fsp3) is 0.400. The zero-order valence-corrected chi connectivity index (χ0v) is 12.5. The van der Waals surface area contributed by atoms with Crippen LogP contribution in [0.4, 0.5) is 0 Å². The van der Waals surface area contributed by atoms with E-state index in [9.17, 15) is 4.79 Å². The first-order valence-electron chi connectivity index (χ1n) is 6.90. The number of amides is 1. The summed E-state index contributed by atoms with van der Waals surface area (Å²) in [5.41, 5.74) is 2.29. The molecule has 0 saturated carbocycles. The minimum atomic E-state index is -0.197. The Bertz CT molecular complexity index is 590. The van der Waals surface area contributed by atoms with E-state index in [1.165, 1.54) is 0 Å². The molecule has 6 heteroatoms. The lowest BCUT2D eigenvalue weighted by atomic mass is 10.1. The third-order valence-electron chi connectivity index (χ3n) is 2.95. The number of rotatable bonds is 6. The van der Waals surface area contributed by atoms with E-state index in [0.717, 1.165) is 17.7 Å². The highest BCUT2D eigenvalue weighted by atomic mass is 16.5. The zero-order chi connectivity index (χ0) is 15.2. The number of hydrogen-bond acceptors (Lipinski definition) is 4. The highest BCUT2D eigenvalue weighted by Crippen LogP contribution is 2.08. The fourth-order valence-electron chi connectivity index (χ4n) is 1.93. The van der Waals surface area contributed by atoms with Crippen LogP contribution < -0.4 is 10.1 Å². The molecular formula is C15H20N4O2. The van der Waals surface area contributed by atoms with Crippen LogP contribution in [-0.4, -0.2) is 28.2 Å². The molecule has 0 aliphatic heterocycles. The lowest BCUT2D eigenvalue weighted by Gasteiger charge is -2.04. The van der Waals surface area contributed by atoms with Gasteiger partial charge in [-0.05, 0) is 24.0 Å². The van der Waals surface area contributed by atoms with Crippen molar-refractivity contribution in [3.05, 3.63) is 41.3 Å². The van der Waals surface area contributed by atoms with Crippen LogP contribution in [0, 0.1) is 5.92 Å². The molecule has 0 atom stereocenters. The van der Waals surface area contributed by atoms with Gasteiger partial charge < -0.3 is 10.1 Å². The minimum Gasteiger partial charge on any atom is -0.481 e. The van der Waals surface area contributed by atoms with Gasteiger partial charge in [0.2, 0.25) is 5.88 Å². The summed E-state index contributed by atoms with van der Waals surface area (Å²) >= 11 is 0. The first-order chi connectivity index (χ1) is 10.1. The number of methoxy groups -OCH3 is 1. The quantitative estimate of drug-likeness (QED) is 0.851. The number of ether oxygens (including phenoxy) is 1. The second-order valence-electron chi connectivity index (χ2n) is 5.27. The molecule has 21 heavy (non-hydrogen) atoms. The lowest BCUT2D eigenvalue weighted by Crippen LogP contribution is -2.23. The Morgan fingerprint density at radius 1 is 1.43 bits per heavy atom. The van der Waals surface area contributed by atoms with Gasteiger partial charge in [-0.2, -0.15) is 5.10 Å². The number of aromatic amines is 1. The van der Waals surface area contributed by atoms with Crippen molar-refractivity contribution in [2.24, 2.45) is 5.92 Å². The van der Waals surface area contributed by atoms with Crippen LogP contribution in [0.3, 0.4) is 0 Å². The maximum Gasteiger partial charge on any atom is 0.272 e. The molecule has 0 fully saturated rings. The van der Waals surface area contributed by atoms with Crippen molar-refractivity contribution in [1.82, 2.24) is 20.5 Å². The number of aromatic nitrogens is 3. The largest absolute Gasteiger partial charge is 0.481 e. The molecule has 2 aromatic rings. The van der Waals surface area contributed by atoms with E-state index < -0.39 is 0 Å². The van der Waals surface area contributed by atoms with Gasteiger partial charge in [0.05, 0.1) is 7.11 Å². The van der Waals surface area contributed by atoms with Gasteiger partial charge in [-0.25, -0.2) is 4.98 Å². The molecule has 0 bridgehead atoms. The molecular weight excluding hydrogens is 268 g/mol. The Labute approximate surface area is 123 Å². The highest BCUT2D eigenvalue weighted by molar-refractivity contribution is 5.92. The van der Waals surface area contributed by atoms with Crippen LogP contribution >= 0.6 is 0 Å². The summed E-state index contributed by atoms with van der Waals surface area (Å²) in [6, 6.07) is 5.42. The third kappa shape index (κ3) is 4.30. The molecule has 0 saturated heterocycles. The van der Waals surface area contributed by atoms with Crippen molar-refractivity contribution in [3.8, 4) is 5.88 Å². The Hall–Kier alpha value is -2.37. The number of nitrogens with zero attached hydrogens (tertiary/aromatic N) is 2. The van der Waals surface area contributed by atoms with Crippen LogP contribution in [0.15, 0.2) is 24.4 Å². The zero-order valence-electron chi connectivity index (χ0n) is 12.5. The highest BCUT2D eigenvalue weighted by Gasteiger charge is 2.11. The van der Waals surface area contributed by atoms with Crippen molar-refractivity contribution < 1.29 is 9.53 Å². The fourth-order valence-corrected chi connectivity index (χ4v) is 1.93. The molecule has 112 valence electrons. The Kier molecular flexibility index (Phi) is 4.92. The van der Waals surface area contributed by atoms with E-state index in [-0.39, 0.29) is 5.91 Å². The number of carbonyl (C=O) groups excluding carboxylic acids is 1. The Morgan fingerprint density at radius 2 is 2.24 bits per heavy atom. The molecule has 2 N–H and O–H groups in total. The molecule has 0 aromatic carbocycles. The summed E-state index contributed by atoms with van der Waals surface area (Å²) in [7, 11) is 1.57. The predicted molar refractivity (Wildman–Crippen MR) is 79.1 cm³/mol. The summed E-state index contributed by atoms with van der Waals surface area (Å²) in [5.74, 6) is 0.875. The monoisotopic (exact) mass is 288 g/mol. The van der Waals surface area contributed by atoms with Gasteiger partial charge in [0.1, 0.15) is 5.69 Å². The van der Waals surface area contributed by atoms with E-state index in [2.05, 4.69) is 34.3 Å². The standard InChI is InChI=1S/C15H20N4O2/c1-10(2)6-12-7-13(19-18-12)15(20)17-9-11-4-5-14(21-3)16-8-11/h4-5,7-8,10H,6,9H2,1-3H3,(H,17,20)(H,18,19). The van der Waals surface area contributed by atoms with E-state index in [1.807, 2.05) is 6.07 Å².